The van der Waals surface area contributed by atoms with Crippen LogP contribution in [0.3, 0.4) is 0 Å². The lowest BCUT2D eigenvalue weighted by Crippen LogP contribution is -2.35. The Morgan fingerprint density at radius 1 is 1.20 bits per heavy atom. The van der Waals surface area contributed by atoms with Crippen LogP contribution in [-0.4, -0.2) is 22.0 Å². The highest BCUT2D eigenvalue weighted by atomic mass is 35.5. The second-order valence-corrected chi connectivity index (χ2v) is 6.69. The number of urea groups is 1. The van der Waals surface area contributed by atoms with Gasteiger partial charge >= 0.3 is 6.03 Å². The van der Waals surface area contributed by atoms with Crippen molar-refractivity contribution in [2.24, 2.45) is 7.05 Å². The van der Waals surface area contributed by atoms with Gasteiger partial charge in [-0.2, -0.15) is 0 Å². The van der Waals surface area contributed by atoms with Crippen LogP contribution in [0.1, 0.15) is 11.1 Å². The molecular weight excluding hydrogens is 341 g/mol. The van der Waals surface area contributed by atoms with Gasteiger partial charge in [-0.1, -0.05) is 29.8 Å². The standard InChI is InChI=1S/C19H17ClFN3O/c1-23-10-13-8-9-24(11-12-4-2-7-16(23)17(12)13)19(25)22-15-6-3-5-14(20)18(15)21/h2-7,10H,8-9,11H2,1H3,(H,22,25). The fraction of sp³-hybridized carbons (Fsp3) is 0.211. The Morgan fingerprint density at radius 2 is 2.00 bits per heavy atom. The average molecular weight is 358 g/mol. The topological polar surface area (TPSA) is 37.3 Å². The van der Waals surface area contributed by atoms with Crippen LogP contribution in [0.15, 0.2) is 42.6 Å². The molecule has 2 aromatic carbocycles. The van der Waals surface area contributed by atoms with Crippen LogP contribution in [0.5, 0.6) is 0 Å². The van der Waals surface area contributed by atoms with Gasteiger partial charge in [0.1, 0.15) is 0 Å². The first kappa shape index (κ1) is 16.0. The Kier molecular flexibility index (Phi) is 3.88. The monoisotopic (exact) mass is 357 g/mol. The largest absolute Gasteiger partial charge is 0.350 e. The molecule has 0 saturated carbocycles. The molecular formula is C19H17ClFN3O. The maximum atomic E-state index is 14.0. The lowest BCUT2D eigenvalue weighted by Gasteiger charge is -2.22. The van der Waals surface area contributed by atoms with Crippen molar-refractivity contribution in [3.8, 4) is 0 Å². The summed E-state index contributed by atoms with van der Waals surface area (Å²) in [5.41, 5.74) is 3.60. The van der Waals surface area contributed by atoms with Crippen LogP contribution in [0.25, 0.3) is 10.9 Å². The summed E-state index contributed by atoms with van der Waals surface area (Å²) in [7, 11) is 2.03. The Balaban J connectivity index is 1.62. The van der Waals surface area contributed by atoms with Crippen LogP contribution in [0, 0.1) is 5.82 Å². The van der Waals surface area contributed by atoms with E-state index in [0.29, 0.717) is 13.1 Å². The fourth-order valence-corrected chi connectivity index (χ4v) is 3.62. The Morgan fingerprint density at radius 3 is 2.84 bits per heavy atom. The van der Waals surface area contributed by atoms with E-state index < -0.39 is 5.82 Å². The molecule has 2 amide bonds. The first-order valence-electron chi connectivity index (χ1n) is 8.10. The highest BCUT2D eigenvalue weighted by Gasteiger charge is 2.22. The van der Waals surface area contributed by atoms with Crippen LogP contribution in [0.2, 0.25) is 5.02 Å². The lowest BCUT2D eigenvalue weighted by atomic mass is 10.1. The molecule has 0 bridgehead atoms. The number of carbonyl (C=O) groups excluding carboxylic acids is 1. The molecule has 4 rings (SSSR count). The van der Waals surface area contributed by atoms with Crippen LogP contribution in [-0.2, 0) is 20.0 Å². The van der Waals surface area contributed by atoms with E-state index in [1.54, 1.807) is 11.0 Å². The van der Waals surface area contributed by atoms with Crippen molar-refractivity contribution in [2.75, 3.05) is 11.9 Å². The third-order valence-corrected chi connectivity index (χ3v) is 4.96. The van der Waals surface area contributed by atoms with Gasteiger partial charge in [0.05, 0.1) is 10.7 Å². The summed E-state index contributed by atoms with van der Waals surface area (Å²) in [6, 6.07) is 10.4. The van der Waals surface area contributed by atoms with E-state index in [1.165, 1.54) is 23.1 Å². The van der Waals surface area contributed by atoms with Crippen molar-refractivity contribution in [2.45, 2.75) is 13.0 Å². The van der Waals surface area contributed by atoms with Crippen molar-refractivity contribution in [3.63, 3.8) is 0 Å². The van der Waals surface area contributed by atoms with E-state index in [2.05, 4.69) is 22.1 Å². The molecule has 0 spiro atoms. The normalized spacial score (nSPS) is 13.8. The highest BCUT2D eigenvalue weighted by molar-refractivity contribution is 6.31. The molecule has 3 aromatic rings. The number of halogens is 2. The van der Waals surface area contributed by atoms with Crippen LogP contribution in [0.4, 0.5) is 14.9 Å². The molecule has 1 N–H and O–H groups in total. The van der Waals surface area contributed by atoms with Crippen LogP contribution < -0.4 is 5.32 Å². The van der Waals surface area contributed by atoms with Crippen LogP contribution >= 0.6 is 11.6 Å². The number of hydrogen-bond acceptors (Lipinski definition) is 1. The van der Waals surface area contributed by atoms with E-state index in [1.807, 2.05) is 19.2 Å². The number of nitrogens with one attached hydrogen (secondary N) is 1. The van der Waals surface area contributed by atoms with E-state index >= 15 is 0 Å². The maximum Gasteiger partial charge on any atom is 0.322 e. The minimum atomic E-state index is -0.613. The number of aryl methyl sites for hydroxylation is 1. The highest BCUT2D eigenvalue weighted by Crippen LogP contribution is 2.29. The van der Waals surface area contributed by atoms with Crippen molar-refractivity contribution < 1.29 is 9.18 Å². The first-order valence-corrected chi connectivity index (χ1v) is 8.48. The summed E-state index contributed by atoms with van der Waals surface area (Å²) < 4.78 is 16.2. The molecule has 6 heteroatoms. The summed E-state index contributed by atoms with van der Waals surface area (Å²) >= 11 is 5.78. The molecule has 1 aliphatic rings. The average Bonchev–Trinajstić information content (AvgIpc) is 2.80. The lowest BCUT2D eigenvalue weighted by molar-refractivity contribution is 0.210. The fourth-order valence-electron chi connectivity index (χ4n) is 3.45. The number of benzene rings is 2. The predicted molar refractivity (Wildman–Crippen MR) is 97.5 cm³/mol. The number of rotatable bonds is 1. The molecule has 2 heterocycles. The summed E-state index contributed by atoms with van der Waals surface area (Å²) in [6.45, 7) is 1.06. The number of aromatic nitrogens is 1. The van der Waals surface area contributed by atoms with Crippen molar-refractivity contribution in [1.82, 2.24) is 9.47 Å². The molecule has 0 unspecified atom stereocenters. The first-order chi connectivity index (χ1) is 12.0. The molecule has 25 heavy (non-hydrogen) atoms. The van der Waals surface area contributed by atoms with E-state index in [0.717, 1.165) is 17.5 Å². The maximum absolute atomic E-state index is 14.0. The Bertz CT molecular complexity index is 982. The Labute approximate surface area is 149 Å². The quantitative estimate of drug-likeness (QED) is 0.681. The molecule has 1 aromatic heterocycles. The minimum absolute atomic E-state index is 0.00804. The molecule has 0 fully saturated rings. The predicted octanol–water partition coefficient (Wildman–Crippen LogP) is 4.56. The zero-order chi connectivity index (χ0) is 17.6. The summed E-state index contributed by atoms with van der Waals surface area (Å²) in [6.07, 6.45) is 2.88. The van der Waals surface area contributed by atoms with E-state index in [9.17, 15) is 9.18 Å². The van der Waals surface area contributed by atoms with Gasteiger partial charge in [-0.15, -0.1) is 0 Å². The molecule has 1 aliphatic heterocycles. The number of nitrogens with zero attached hydrogens (tertiary/aromatic N) is 2. The van der Waals surface area contributed by atoms with Crippen molar-refractivity contribution in [1.29, 1.82) is 0 Å². The summed E-state index contributed by atoms with van der Waals surface area (Å²) in [5.74, 6) is -0.613. The molecule has 0 aliphatic carbocycles. The van der Waals surface area contributed by atoms with Gasteiger partial charge in [0.15, 0.2) is 5.82 Å². The van der Waals surface area contributed by atoms with E-state index in [-0.39, 0.29) is 16.7 Å². The third-order valence-electron chi connectivity index (χ3n) is 4.67. The van der Waals surface area contributed by atoms with Gasteiger partial charge < -0.3 is 14.8 Å². The number of amides is 2. The smallest absolute Gasteiger partial charge is 0.322 e. The SMILES string of the molecule is Cn1cc2c3c(cccc31)CN(C(=O)Nc1cccc(Cl)c1F)CC2. The summed E-state index contributed by atoms with van der Waals surface area (Å²) in [4.78, 5) is 14.3. The van der Waals surface area contributed by atoms with E-state index in [4.69, 9.17) is 11.6 Å². The third kappa shape index (κ3) is 2.74. The number of hydrogen-bond donors (Lipinski definition) is 1. The molecule has 0 radical (unpaired) electrons. The second kappa shape index (κ2) is 6.08. The molecule has 128 valence electrons. The van der Waals surface area contributed by atoms with Gasteiger partial charge in [0.25, 0.3) is 0 Å². The van der Waals surface area contributed by atoms with Crippen molar-refractivity contribution >= 4 is 34.2 Å². The van der Waals surface area contributed by atoms with Crippen molar-refractivity contribution in [3.05, 3.63) is 64.6 Å². The zero-order valence-electron chi connectivity index (χ0n) is 13.7. The van der Waals surface area contributed by atoms with Gasteiger partial charge in [-0.3, -0.25) is 0 Å². The minimum Gasteiger partial charge on any atom is -0.350 e. The Hall–Kier alpha value is -2.53. The molecule has 4 nitrogen and oxygen atoms in total. The van der Waals surface area contributed by atoms with Gasteiger partial charge in [0.2, 0.25) is 0 Å². The zero-order valence-corrected chi connectivity index (χ0v) is 14.5. The summed E-state index contributed by atoms with van der Waals surface area (Å²) in [5, 5.41) is 3.84. The number of anilines is 1. The number of carbonyl (C=O) groups is 1. The van der Waals surface area contributed by atoms with Gasteiger partial charge in [-0.25, -0.2) is 9.18 Å². The van der Waals surface area contributed by atoms with Gasteiger partial charge in [-0.05, 0) is 35.7 Å². The van der Waals surface area contributed by atoms with Gasteiger partial charge in [0, 0.05) is 37.2 Å². The molecule has 0 saturated heterocycles. The second-order valence-electron chi connectivity index (χ2n) is 6.28. The molecule has 0 atom stereocenters.